The van der Waals surface area contributed by atoms with Crippen molar-refractivity contribution in [2.45, 2.75) is 39.5 Å². The van der Waals surface area contributed by atoms with E-state index in [1.165, 1.54) is 5.56 Å². The highest BCUT2D eigenvalue weighted by Gasteiger charge is 2.30. The number of hydrogen-bond donors (Lipinski definition) is 0. The van der Waals surface area contributed by atoms with Crippen LogP contribution in [-0.2, 0) is 16.0 Å². The van der Waals surface area contributed by atoms with E-state index in [1.54, 1.807) is 6.26 Å². The van der Waals surface area contributed by atoms with Crippen LogP contribution in [0.4, 0.5) is 0 Å². The van der Waals surface area contributed by atoms with Crippen molar-refractivity contribution in [1.29, 1.82) is 0 Å². The first-order valence-electron chi connectivity index (χ1n) is 8.34. The number of cyclic esters (lactones) is 1. The van der Waals surface area contributed by atoms with Gasteiger partial charge in [-0.25, -0.2) is 4.79 Å². The first-order valence-corrected chi connectivity index (χ1v) is 8.34. The number of carbonyl (C=O) groups excluding carboxylic acids is 1. The fraction of sp³-hybridized carbons (Fsp3) is 0.450. The zero-order valence-electron chi connectivity index (χ0n) is 13.9. The summed E-state index contributed by atoms with van der Waals surface area (Å²) < 4.78 is 10.3. The van der Waals surface area contributed by atoms with Crippen molar-refractivity contribution in [3.63, 3.8) is 0 Å². The number of rotatable bonds is 3. The van der Waals surface area contributed by atoms with Crippen LogP contribution in [0, 0.1) is 11.3 Å². The standard InChI is InChI=1S/C20H24O3/c1-15-6-7-17-14-23-19(21)18(17)5-3-4-10-20(15,2)11-8-16-9-12-22-13-16/h3-5,9-10,12-13,15H,6-8,11,14H2,1-2H3/t15?,20-/m0/s1. The second kappa shape index (κ2) is 6.61. The van der Waals surface area contributed by atoms with E-state index in [1.807, 2.05) is 24.5 Å². The molecule has 1 aromatic rings. The average molecular weight is 312 g/mol. The van der Waals surface area contributed by atoms with Crippen LogP contribution in [0.15, 0.2) is 58.5 Å². The summed E-state index contributed by atoms with van der Waals surface area (Å²) >= 11 is 0. The summed E-state index contributed by atoms with van der Waals surface area (Å²) in [6.07, 6.45) is 15.9. The van der Waals surface area contributed by atoms with Crippen LogP contribution in [0.25, 0.3) is 0 Å². The van der Waals surface area contributed by atoms with Gasteiger partial charge in [-0.3, -0.25) is 0 Å². The summed E-state index contributed by atoms with van der Waals surface area (Å²) in [4.78, 5) is 11.8. The third-order valence-electron chi connectivity index (χ3n) is 5.37. The summed E-state index contributed by atoms with van der Waals surface area (Å²) in [6.45, 7) is 5.10. The van der Waals surface area contributed by atoms with Crippen molar-refractivity contribution in [2.75, 3.05) is 6.61 Å². The second-order valence-electron chi connectivity index (χ2n) is 6.89. The van der Waals surface area contributed by atoms with E-state index in [0.29, 0.717) is 12.5 Å². The van der Waals surface area contributed by atoms with Crippen LogP contribution in [0.2, 0.25) is 0 Å². The Morgan fingerprint density at radius 2 is 2.22 bits per heavy atom. The molecule has 0 N–H and O–H groups in total. The molecule has 2 atom stereocenters. The minimum atomic E-state index is -0.180. The molecule has 23 heavy (non-hydrogen) atoms. The quantitative estimate of drug-likeness (QED) is 0.765. The molecular weight excluding hydrogens is 288 g/mol. The Morgan fingerprint density at radius 3 is 3.00 bits per heavy atom. The third-order valence-corrected chi connectivity index (χ3v) is 5.37. The van der Waals surface area contributed by atoms with Gasteiger partial charge in [-0.05, 0) is 60.3 Å². The predicted molar refractivity (Wildman–Crippen MR) is 89.8 cm³/mol. The van der Waals surface area contributed by atoms with E-state index >= 15 is 0 Å². The van der Waals surface area contributed by atoms with E-state index < -0.39 is 0 Å². The summed E-state index contributed by atoms with van der Waals surface area (Å²) in [5.74, 6) is 0.349. The molecule has 0 spiro atoms. The third kappa shape index (κ3) is 3.49. The molecule has 3 nitrogen and oxygen atoms in total. The van der Waals surface area contributed by atoms with Gasteiger partial charge in [-0.2, -0.15) is 0 Å². The Bertz CT molecular complexity index is 648. The van der Waals surface area contributed by atoms with Crippen LogP contribution in [-0.4, -0.2) is 12.6 Å². The Hall–Kier alpha value is -2.03. The van der Waals surface area contributed by atoms with Crippen molar-refractivity contribution in [2.24, 2.45) is 11.3 Å². The van der Waals surface area contributed by atoms with Gasteiger partial charge in [0.05, 0.1) is 18.1 Å². The molecule has 1 aliphatic heterocycles. The molecule has 0 radical (unpaired) electrons. The van der Waals surface area contributed by atoms with Crippen LogP contribution in [0.3, 0.4) is 0 Å². The summed E-state index contributed by atoms with van der Waals surface area (Å²) in [5, 5.41) is 0. The SMILES string of the molecule is CC1CCC2=C(C=CC=C[C@@]1(C)CCc1ccoc1)C(=O)OC2. The Balaban J connectivity index is 1.76. The highest BCUT2D eigenvalue weighted by Crippen LogP contribution is 2.39. The molecule has 0 saturated carbocycles. The summed E-state index contributed by atoms with van der Waals surface area (Å²) in [5.41, 5.74) is 3.28. The number of allylic oxidation sites excluding steroid dienone is 3. The molecule has 1 unspecified atom stereocenters. The highest BCUT2D eigenvalue weighted by molar-refractivity contribution is 5.94. The molecule has 0 amide bonds. The summed E-state index contributed by atoms with van der Waals surface area (Å²) in [6, 6.07) is 2.04. The number of carbonyl (C=O) groups is 1. The van der Waals surface area contributed by atoms with Crippen LogP contribution in [0.1, 0.15) is 38.7 Å². The molecule has 2 aliphatic rings. The monoisotopic (exact) mass is 312 g/mol. The lowest BCUT2D eigenvalue weighted by Gasteiger charge is -2.33. The van der Waals surface area contributed by atoms with E-state index in [0.717, 1.165) is 36.8 Å². The topological polar surface area (TPSA) is 39.4 Å². The Morgan fingerprint density at radius 1 is 1.35 bits per heavy atom. The molecule has 3 heteroatoms. The molecule has 0 saturated heterocycles. The smallest absolute Gasteiger partial charge is 0.338 e. The zero-order valence-corrected chi connectivity index (χ0v) is 13.9. The molecule has 1 aromatic heterocycles. The lowest BCUT2D eigenvalue weighted by Crippen LogP contribution is -2.24. The Kier molecular flexibility index (Phi) is 4.56. The average Bonchev–Trinajstić information content (AvgIpc) is 3.17. The minimum absolute atomic E-state index is 0.128. The lowest BCUT2D eigenvalue weighted by molar-refractivity contribution is -0.135. The molecular formula is C20H24O3. The van der Waals surface area contributed by atoms with Gasteiger partial charge in [-0.1, -0.05) is 32.1 Å². The largest absolute Gasteiger partial charge is 0.472 e. The van der Waals surface area contributed by atoms with Crippen LogP contribution >= 0.6 is 0 Å². The van der Waals surface area contributed by atoms with Gasteiger partial charge in [-0.15, -0.1) is 0 Å². The molecule has 122 valence electrons. The molecule has 0 fully saturated rings. The first kappa shape index (κ1) is 15.9. The van der Waals surface area contributed by atoms with Crippen LogP contribution < -0.4 is 0 Å². The number of ether oxygens (including phenoxy) is 1. The lowest BCUT2D eigenvalue weighted by atomic mass is 9.71. The van der Waals surface area contributed by atoms with Gasteiger partial charge in [0, 0.05) is 0 Å². The fourth-order valence-corrected chi connectivity index (χ4v) is 3.34. The fourth-order valence-electron chi connectivity index (χ4n) is 3.34. The van der Waals surface area contributed by atoms with Crippen molar-refractivity contribution in [1.82, 2.24) is 0 Å². The van der Waals surface area contributed by atoms with Gasteiger partial charge in [0.2, 0.25) is 0 Å². The molecule has 1 aliphatic carbocycles. The van der Waals surface area contributed by atoms with E-state index in [9.17, 15) is 4.79 Å². The number of aryl methyl sites for hydroxylation is 1. The van der Waals surface area contributed by atoms with E-state index in [-0.39, 0.29) is 11.4 Å². The van der Waals surface area contributed by atoms with E-state index in [4.69, 9.17) is 9.15 Å². The molecule has 3 rings (SSSR count). The van der Waals surface area contributed by atoms with Crippen molar-refractivity contribution >= 4 is 5.97 Å². The van der Waals surface area contributed by atoms with Gasteiger partial charge in [0.25, 0.3) is 0 Å². The molecule has 2 heterocycles. The predicted octanol–water partition coefficient (Wildman–Crippen LogP) is 4.61. The Labute approximate surface area is 137 Å². The van der Waals surface area contributed by atoms with Crippen molar-refractivity contribution < 1.29 is 13.9 Å². The van der Waals surface area contributed by atoms with Gasteiger partial charge in [0.1, 0.15) is 6.61 Å². The number of hydrogen-bond acceptors (Lipinski definition) is 3. The highest BCUT2D eigenvalue weighted by atomic mass is 16.5. The zero-order chi connectivity index (χ0) is 16.3. The number of furan rings is 1. The normalized spacial score (nSPS) is 27.9. The second-order valence-corrected chi connectivity index (χ2v) is 6.89. The maximum Gasteiger partial charge on any atom is 0.338 e. The minimum Gasteiger partial charge on any atom is -0.472 e. The van der Waals surface area contributed by atoms with Gasteiger partial charge < -0.3 is 9.15 Å². The van der Waals surface area contributed by atoms with E-state index in [2.05, 4.69) is 26.0 Å². The van der Waals surface area contributed by atoms with Gasteiger partial charge in [0.15, 0.2) is 0 Å². The van der Waals surface area contributed by atoms with Gasteiger partial charge >= 0.3 is 5.97 Å². The van der Waals surface area contributed by atoms with Crippen LogP contribution in [0.5, 0.6) is 0 Å². The first-order chi connectivity index (χ1) is 11.1. The van der Waals surface area contributed by atoms with Crippen molar-refractivity contribution in [3.05, 3.63) is 59.6 Å². The molecule has 0 aromatic carbocycles. The number of esters is 1. The maximum absolute atomic E-state index is 11.8. The maximum atomic E-state index is 11.8. The molecule has 0 bridgehead atoms. The summed E-state index contributed by atoms with van der Waals surface area (Å²) in [7, 11) is 0. The van der Waals surface area contributed by atoms with Crippen molar-refractivity contribution in [3.8, 4) is 0 Å².